The Morgan fingerprint density at radius 3 is 2.46 bits per heavy atom. The van der Waals surface area contributed by atoms with Gasteiger partial charge in [0.2, 0.25) is 0 Å². The molecule has 2 fully saturated rings. The van der Waals surface area contributed by atoms with Gasteiger partial charge in [-0.15, -0.1) is 0 Å². The summed E-state index contributed by atoms with van der Waals surface area (Å²) in [6, 6.07) is 4.83. The molecule has 4 rings (SSSR count). The van der Waals surface area contributed by atoms with Crippen LogP contribution in [-0.2, 0) is 10.9 Å². The second-order valence-corrected chi connectivity index (χ2v) is 10.1. The predicted octanol–water partition coefficient (Wildman–Crippen LogP) is 4.52. The SMILES string of the molecule is Cc1c([C@@H](C)NC(=O)c2cn(C3CCOCC3)c(=O)cc2NC2CCN(C)CC2)cccc1C(F)(F)F. The second kappa shape index (κ2) is 11.3. The first-order valence-corrected chi connectivity index (χ1v) is 12.8. The summed E-state index contributed by atoms with van der Waals surface area (Å²) < 4.78 is 47.3. The van der Waals surface area contributed by atoms with Crippen molar-refractivity contribution in [2.24, 2.45) is 0 Å². The van der Waals surface area contributed by atoms with E-state index in [9.17, 15) is 22.8 Å². The van der Waals surface area contributed by atoms with Crippen molar-refractivity contribution in [3.05, 3.63) is 63.1 Å². The first kappa shape index (κ1) is 27.2. The van der Waals surface area contributed by atoms with Crippen LogP contribution in [0.5, 0.6) is 0 Å². The number of anilines is 1. The van der Waals surface area contributed by atoms with E-state index in [1.165, 1.54) is 19.1 Å². The Hall–Kier alpha value is -2.85. The summed E-state index contributed by atoms with van der Waals surface area (Å²) in [7, 11) is 2.06. The van der Waals surface area contributed by atoms with Gasteiger partial charge >= 0.3 is 6.18 Å². The lowest BCUT2D eigenvalue weighted by Crippen LogP contribution is -2.38. The van der Waals surface area contributed by atoms with Crippen molar-refractivity contribution < 1.29 is 22.7 Å². The van der Waals surface area contributed by atoms with Crippen molar-refractivity contribution in [3.63, 3.8) is 0 Å². The van der Waals surface area contributed by atoms with Gasteiger partial charge in [-0.1, -0.05) is 12.1 Å². The van der Waals surface area contributed by atoms with Crippen LogP contribution in [0.25, 0.3) is 0 Å². The molecule has 0 saturated carbocycles. The number of amides is 1. The maximum atomic E-state index is 13.6. The summed E-state index contributed by atoms with van der Waals surface area (Å²) in [4.78, 5) is 28.9. The van der Waals surface area contributed by atoms with E-state index in [0.717, 1.165) is 32.0 Å². The molecule has 202 valence electrons. The Bertz CT molecular complexity index is 1170. The zero-order valence-electron chi connectivity index (χ0n) is 21.5. The molecular weight excluding hydrogens is 485 g/mol. The van der Waals surface area contributed by atoms with Gasteiger partial charge in [0.15, 0.2) is 0 Å². The number of pyridine rings is 1. The van der Waals surface area contributed by atoms with E-state index in [1.807, 2.05) is 0 Å². The van der Waals surface area contributed by atoms with Crippen LogP contribution in [0.2, 0.25) is 0 Å². The fourth-order valence-electron chi connectivity index (χ4n) is 5.25. The number of likely N-dealkylation sites (tertiary alicyclic amines) is 1. The van der Waals surface area contributed by atoms with E-state index in [-0.39, 0.29) is 23.2 Å². The number of alkyl halides is 3. The maximum Gasteiger partial charge on any atom is 0.416 e. The van der Waals surface area contributed by atoms with Gasteiger partial charge in [-0.2, -0.15) is 13.2 Å². The molecule has 37 heavy (non-hydrogen) atoms. The highest BCUT2D eigenvalue weighted by Crippen LogP contribution is 2.34. The summed E-state index contributed by atoms with van der Waals surface area (Å²) >= 11 is 0. The lowest BCUT2D eigenvalue weighted by atomic mass is 9.97. The van der Waals surface area contributed by atoms with E-state index in [0.29, 0.717) is 42.9 Å². The van der Waals surface area contributed by atoms with Gasteiger partial charge in [0.1, 0.15) is 0 Å². The van der Waals surface area contributed by atoms with Crippen LogP contribution in [-0.4, -0.2) is 54.8 Å². The number of nitrogens with one attached hydrogen (secondary N) is 2. The molecule has 2 aliphatic rings. The van der Waals surface area contributed by atoms with Crippen molar-refractivity contribution in [2.75, 3.05) is 38.7 Å². The van der Waals surface area contributed by atoms with Crippen molar-refractivity contribution in [3.8, 4) is 0 Å². The number of hydrogen-bond donors (Lipinski definition) is 2. The van der Waals surface area contributed by atoms with E-state index < -0.39 is 23.7 Å². The average Bonchev–Trinajstić information content (AvgIpc) is 2.85. The van der Waals surface area contributed by atoms with Gasteiger partial charge in [0.05, 0.1) is 22.9 Å². The van der Waals surface area contributed by atoms with E-state index >= 15 is 0 Å². The lowest BCUT2D eigenvalue weighted by molar-refractivity contribution is -0.138. The van der Waals surface area contributed by atoms with Crippen LogP contribution in [0.1, 0.15) is 71.7 Å². The summed E-state index contributed by atoms with van der Waals surface area (Å²) in [5.41, 5.74) is 0.324. The smallest absolute Gasteiger partial charge is 0.381 e. The minimum Gasteiger partial charge on any atom is -0.381 e. The zero-order valence-corrected chi connectivity index (χ0v) is 21.5. The maximum absolute atomic E-state index is 13.6. The third kappa shape index (κ3) is 6.35. The number of aromatic nitrogens is 1. The first-order chi connectivity index (χ1) is 17.5. The molecule has 2 N–H and O–H groups in total. The molecule has 3 heterocycles. The van der Waals surface area contributed by atoms with E-state index in [2.05, 4.69) is 22.6 Å². The summed E-state index contributed by atoms with van der Waals surface area (Å²) in [6.07, 6.45) is 0.205. The number of piperidine rings is 1. The number of hydrogen-bond acceptors (Lipinski definition) is 5. The third-order valence-electron chi connectivity index (χ3n) is 7.48. The molecule has 0 spiro atoms. The van der Waals surface area contributed by atoms with Gasteiger partial charge in [-0.25, -0.2) is 0 Å². The number of ether oxygens (including phenoxy) is 1. The van der Waals surface area contributed by atoms with E-state index in [1.54, 1.807) is 23.8 Å². The Labute approximate surface area is 215 Å². The fourth-order valence-corrected chi connectivity index (χ4v) is 5.25. The molecule has 2 aliphatic heterocycles. The number of benzene rings is 1. The lowest BCUT2D eigenvalue weighted by Gasteiger charge is -2.31. The molecular formula is C27H35F3N4O3. The topological polar surface area (TPSA) is 75.6 Å². The molecule has 0 radical (unpaired) electrons. The summed E-state index contributed by atoms with van der Waals surface area (Å²) in [5.74, 6) is -0.444. The minimum atomic E-state index is -4.48. The summed E-state index contributed by atoms with van der Waals surface area (Å²) in [5, 5.41) is 6.27. The Morgan fingerprint density at radius 1 is 1.14 bits per heavy atom. The molecule has 0 unspecified atom stereocenters. The Morgan fingerprint density at radius 2 is 1.81 bits per heavy atom. The molecule has 0 bridgehead atoms. The molecule has 1 aromatic heterocycles. The van der Waals surface area contributed by atoms with Crippen molar-refractivity contribution in [1.82, 2.24) is 14.8 Å². The largest absolute Gasteiger partial charge is 0.416 e. The fraction of sp³-hybridized carbons (Fsp3) is 0.556. The second-order valence-electron chi connectivity index (χ2n) is 10.1. The summed E-state index contributed by atoms with van der Waals surface area (Å²) in [6.45, 7) is 5.98. The first-order valence-electron chi connectivity index (χ1n) is 12.8. The quantitative estimate of drug-likeness (QED) is 0.586. The Balaban J connectivity index is 1.64. The molecule has 1 atom stereocenters. The zero-order chi connectivity index (χ0) is 26.7. The van der Waals surface area contributed by atoms with Crippen molar-refractivity contribution in [2.45, 2.75) is 63.8 Å². The van der Waals surface area contributed by atoms with Crippen molar-refractivity contribution >= 4 is 11.6 Å². The highest BCUT2D eigenvalue weighted by atomic mass is 19.4. The normalized spacial score (nSPS) is 19.0. The predicted molar refractivity (Wildman–Crippen MR) is 136 cm³/mol. The number of nitrogens with zero attached hydrogens (tertiary/aromatic N) is 2. The Kier molecular flexibility index (Phi) is 8.28. The molecule has 10 heteroatoms. The number of halogens is 3. The van der Waals surface area contributed by atoms with Crippen LogP contribution < -0.4 is 16.2 Å². The van der Waals surface area contributed by atoms with Gasteiger partial charge in [-0.05, 0) is 76.9 Å². The van der Waals surface area contributed by atoms with Crippen LogP contribution >= 0.6 is 0 Å². The number of rotatable bonds is 6. The molecule has 2 aromatic rings. The average molecular weight is 521 g/mol. The molecule has 2 saturated heterocycles. The minimum absolute atomic E-state index is 0.0756. The molecule has 1 aromatic carbocycles. The third-order valence-corrected chi connectivity index (χ3v) is 7.48. The van der Waals surface area contributed by atoms with Gasteiger partial charge in [-0.3, -0.25) is 9.59 Å². The monoisotopic (exact) mass is 520 g/mol. The highest BCUT2D eigenvalue weighted by Gasteiger charge is 2.33. The highest BCUT2D eigenvalue weighted by molar-refractivity contribution is 5.99. The van der Waals surface area contributed by atoms with Crippen molar-refractivity contribution in [1.29, 1.82) is 0 Å². The van der Waals surface area contributed by atoms with Gasteiger partial charge in [0, 0.05) is 37.6 Å². The van der Waals surface area contributed by atoms with Gasteiger partial charge < -0.3 is 24.8 Å². The van der Waals surface area contributed by atoms with Crippen LogP contribution in [0.15, 0.2) is 35.3 Å². The number of carbonyl (C=O) groups excluding carboxylic acids is 1. The molecule has 0 aliphatic carbocycles. The molecule has 1 amide bonds. The van der Waals surface area contributed by atoms with Gasteiger partial charge in [0.25, 0.3) is 11.5 Å². The van der Waals surface area contributed by atoms with Crippen LogP contribution in [0.3, 0.4) is 0 Å². The number of carbonyl (C=O) groups is 1. The van der Waals surface area contributed by atoms with Crippen LogP contribution in [0, 0.1) is 6.92 Å². The standard InChI is InChI=1S/C27H35F3N4O3/c1-17-21(5-4-6-23(17)27(28,29)30)18(2)31-26(36)22-16-34(20-9-13-37-14-10-20)25(35)15-24(22)32-19-7-11-33(3)12-8-19/h4-6,15-16,18-20,32H,7-14H2,1-3H3,(H,31,36)/t18-/m1/s1. The van der Waals surface area contributed by atoms with Crippen LogP contribution in [0.4, 0.5) is 18.9 Å². The van der Waals surface area contributed by atoms with E-state index in [4.69, 9.17) is 4.74 Å². The molecule has 7 nitrogen and oxygen atoms in total.